The van der Waals surface area contributed by atoms with E-state index in [1.54, 1.807) is 6.20 Å². The van der Waals surface area contributed by atoms with Gasteiger partial charge in [-0.25, -0.2) is 9.97 Å². The van der Waals surface area contributed by atoms with E-state index in [0.29, 0.717) is 5.82 Å². The second-order valence-corrected chi connectivity index (χ2v) is 15.2. The molecule has 1 spiro atoms. The quantitative estimate of drug-likeness (QED) is 0.180. The van der Waals surface area contributed by atoms with Gasteiger partial charge in [0, 0.05) is 39.9 Å². The van der Waals surface area contributed by atoms with Crippen LogP contribution in [0, 0.1) is 0 Å². The SMILES string of the molecule is C1=Cc2ccc(-c3cc(-c4ccccc4)nc(-c4ccc(-c5cccnc5)cc4)n3)cc2C2(c3ccccc31)c1ccccc1-c1cc3c(cc12)oc1ccccc13. The number of fused-ring (bicyclic) bond motifs is 12. The summed E-state index contributed by atoms with van der Waals surface area (Å²) in [5.74, 6) is 0.674. The predicted octanol–water partition coefficient (Wildman–Crippen LogP) is 13.3. The molecule has 4 nitrogen and oxygen atoms in total. The lowest BCUT2D eigenvalue weighted by Gasteiger charge is -2.35. The lowest BCUT2D eigenvalue weighted by Crippen LogP contribution is -2.30. The van der Waals surface area contributed by atoms with E-state index in [4.69, 9.17) is 14.4 Å². The monoisotopic (exact) mass is 739 g/mol. The lowest BCUT2D eigenvalue weighted by atomic mass is 9.65. The second-order valence-electron chi connectivity index (χ2n) is 15.2. The molecule has 2 aliphatic carbocycles. The summed E-state index contributed by atoms with van der Waals surface area (Å²) < 4.78 is 6.62. The van der Waals surface area contributed by atoms with Crippen molar-refractivity contribution >= 4 is 34.1 Å². The van der Waals surface area contributed by atoms with E-state index in [0.717, 1.165) is 66.7 Å². The molecule has 0 bridgehead atoms. The van der Waals surface area contributed by atoms with Crippen LogP contribution < -0.4 is 0 Å². The molecular weight excluding hydrogens is 707 g/mol. The molecular formula is C54H33N3O. The standard InChI is InChI=1S/C54H33N3O/c1-2-12-37(13-3-1)49-32-50(57-53(56-49)38-25-20-34(21-26-38)40-14-10-28-55-33-40)39-27-24-36-23-22-35-11-4-7-17-45(35)54(47(36)29-39)46-18-8-5-15-41(46)43-30-44-42-16-6-9-19-51(42)58-52(44)31-48(43)54/h1-33H. The average molecular weight is 740 g/mol. The minimum Gasteiger partial charge on any atom is -0.456 e. The fourth-order valence-electron chi connectivity index (χ4n) is 9.40. The molecule has 0 saturated heterocycles. The van der Waals surface area contributed by atoms with E-state index in [2.05, 4.69) is 175 Å². The highest BCUT2D eigenvalue weighted by atomic mass is 16.3. The van der Waals surface area contributed by atoms with Crippen molar-refractivity contribution in [3.05, 3.63) is 222 Å². The minimum absolute atomic E-state index is 0.634. The Kier molecular flexibility index (Phi) is 7.11. The Morgan fingerprint density at radius 1 is 0.397 bits per heavy atom. The van der Waals surface area contributed by atoms with Crippen molar-refractivity contribution in [3.8, 4) is 56.2 Å². The largest absolute Gasteiger partial charge is 0.456 e. The van der Waals surface area contributed by atoms with Crippen LogP contribution in [0.5, 0.6) is 0 Å². The third-order valence-electron chi connectivity index (χ3n) is 12.0. The number of benzene rings is 7. The molecule has 58 heavy (non-hydrogen) atoms. The first-order valence-corrected chi connectivity index (χ1v) is 19.7. The highest BCUT2D eigenvalue weighted by Crippen LogP contribution is 2.59. The Hall–Kier alpha value is -7.69. The van der Waals surface area contributed by atoms with Gasteiger partial charge in [0.1, 0.15) is 11.2 Å². The van der Waals surface area contributed by atoms with Gasteiger partial charge < -0.3 is 4.42 Å². The predicted molar refractivity (Wildman–Crippen MR) is 235 cm³/mol. The molecule has 7 aromatic carbocycles. The summed E-state index contributed by atoms with van der Waals surface area (Å²) >= 11 is 0. The summed E-state index contributed by atoms with van der Waals surface area (Å²) in [6, 6.07) is 62.7. The van der Waals surface area contributed by atoms with Gasteiger partial charge in [0.25, 0.3) is 0 Å². The maximum absolute atomic E-state index is 6.62. The zero-order chi connectivity index (χ0) is 38.2. The van der Waals surface area contributed by atoms with Crippen molar-refractivity contribution in [2.75, 3.05) is 0 Å². The van der Waals surface area contributed by atoms with Crippen molar-refractivity contribution in [3.63, 3.8) is 0 Å². The number of furan rings is 1. The fraction of sp³-hybridized carbons (Fsp3) is 0.0185. The minimum atomic E-state index is -0.634. The highest BCUT2D eigenvalue weighted by Gasteiger charge is 2.49. The molecule has 3 aromatic heterocycles. The summed E-state index contributed by atoms with van der Waals surface area (Å²) in [7, 11) is 0. The third-order valence-corrected chi connectivity index (χ3v) is 12.0. The first-order chi connectivity index (χ1) is 28.7. The van der Waals surface area contributed by atoms with Gasteiger partial charge in [-0.1, -0.05) is 152 Å². The zero-order valence-corrected chi connectivity index (χ0v) is 31.3. The van der Waals surface area contributed by atoms with E-state index in [1.165, 1.54) is 38.9 Å². The smallest absolute Gasteiger partial charge is 0.160 e. The summed E-state index contributed by atoms with van der Waals surface area (Å²) in [6.07, 6.45) is 8.23. The summed E-state index contributed by atoms with van der Waals surface area (Å²) in [5.41, 5.74) is 17.8. The number of para-hydroxylation sites is 1. The molecule has 0 saturated carbocycles. The topological polar surface area (TPSA) is 51.8 Å². The van der Waals surface area contributed by atoms with Gasteiger partial charge in [-0.15, -0.1) is 0 Å². The molecule has 0 radical (unpaired) electrons. The number of aromatic nitrogens is 3. The molecule has 0 fully saturated rings. The van der Waals surface area contributed by atoms with Crippen LogP contribution in [0.2, 0.25) is 0 Å². The van der Waals surface area contributed by atoms with Gasteiger partial charge in [-0.05, 0) is 92.0 Å². The fourth-order valence-corrected chi connectivity index (χ4v) is 9.40. The molecule has 4 heteroatoms. The molecule has 10 aromatic rings. The van der Waals surface area contributed by atoms with E-state index in [9.17, 15) is 0 Å². The van der Waals surface area contributed by atoms with E-state index >= 15 is 0 Å². The van der Waals surface area contributed by atoms with Crippen LogP contribution in [0.3, 0.4) is 0 Å². The first kappa shape index (κ1) is 32.5. The molecule has 12 rings (SSSR count). The molecule has 270 valence electrons. The number of hydrogen-bond acceptors (Lipinski definition) is 4. The van der Waals surface area contributed by atoms with Crippen LogP contribution in [0.1, 0.15) is 33.4 Å². The lowest BCUT2D eigenvalue weighted by molar-refractivity contribution is 0.666. The number of rotatable bonds is 4. The summed E-state index contributed by atoms with van der Waals surface area (Å²) in [6.45, 7) is 0. The summed E-state index contributed by atoms with van der Waals surface area (Å²) in [4.78, 5) is 14.8. The molecule has 2 aliphatic rings. The van der Waals surface area contributed by atoms with Gasteiger partial charge in [0.2, 0.25) is 0 Å². The van der Waals surface area contributed by atoms with Gasteiger partial charge in [0.05, 0.1) is 16.8 Å². The highest BCUT2D eigenvalue weighted by molar-refractivity contribution is 6.08. The van der Waals surface area contributed by atoms with Crippen molar-refractivity contribution in [1.29, 1.82) is 0 Å². The Morgan fingerprint density at radius 3 is 1.93 bits per heavy atom. The number of hydrogen-bond donors (Lipinski definition) is 0. The van der Waals surface area contributed by atoms with Gasteiger partial charge in [0.15, 0.2) is 5.82 Å². The average Bonchev–Trinajstić information content (AvgIpc) is 3.75. The van der Waals surface area contributed by atoms with Gasteiger partial charge in [-0.3, -0.25) is 4.98 Å². The normalized spacial score (nSPS) is 14.9. The Morgan fingerprint density at radius 2 is 1.09 bits per heavy atom. The Balaban J connectivity index is 1.11. The molecule has 0 amide bonds. The number of nitrogens with zero attached hydrogens (tertiary/aromatic N) is 3. The van der Waals surface area contributed by atoms with E-state index in [-0.39, 0.29) is 0 Å². The van der Waals surface area contributed by atoms with Crippen LogP contribution in [0.15, 0.2) is 193 Å². The van der Waals surface area contributed by atoms with Crippen molar-refractivity contribution < 1.29 is 4.42 Å². The zero-order valence-electron chi connectivity index (χ0n) is 31.3. The Labute approximate surface area is 335 Å². The van der Waals surface area contributed by atoms with Crippen molar-refractivity contribution in [2.24, 2.45) is 0 Å². The summed E-state index contributed by atoms with van der Waals surface area (Å²) in [5, 5.41) is 2.26. The van der Waals surface area contributed by atoms with Crippen molar-refractivity contribution in [2.45, 2.75) is 5.41 Å². The number of pyridine rings is 1. The van der Waals surface area contributed by atoms with E-state index < -0.39 is 5.41 Å². The molecule has 1 atom stereocenters. The van der Waals surface area contributed by atoms with E-state index in [1.807, 2.05) is 24.4 Å². The second kappa shape index (κ2) is 12.7. The molecule has 1 unspecified atom stereocenters. The van der Waals surface area contributed by atoms with Gasteiger partial charge >= 0.3 is 0 Å². The van der Waals surface area contributed by atoms with Crippen LogP contribution in [0.4, 0.5) is 0 Å². The van der Waals surface area contributed by atoms with Crippen LogP contribution in [0.25, 0.3) is 90.2 Å². The first-order valence-electron chi connectivity index (χ1n) is 19.7. The molecule has 0 aliphatic heterocycles. The molecule has 3 heterocycles. The van der Waals surface area contributed by atoms with Crippen LogP contribution >= 0.6 is 0 Å². The maximum atomic E-state index is 6.62. The third kappa shape index (κ3) is 4.85. The Bertz CT molecular complexity index is 3270. The van der Waals surface area contributed by atoms with Gasteiger partial charge in [-0.2, -0.15) is 0 Å². The van der Waals surface area contributed by atoms with Crippen LogP contribution in [-0.4, -0.2) is 15.0 Å². The molecule has 0 N–H and O–H groups in total. The van der Waals surface area contributed by atoms with Crippen molar-refractivity contribution in [1.82, 2.24) is 15.0 Å². The van der Waals surface area contributed by atoms with Crippen LogP contribution in [-0.2, 0) is 5.41 Å². The maximum Gasteiger partial charge on any atom is 0.160 e.